The smallest absolute Gasteiger partial charge is 0.239 e. The molecule has 0 aliphatic carbocycles. The van der Waals surface area contributed by atoms with Crippen LogP contribution >= 0.6 is 23.1 Å². The van der Waals surface area contributed by atoms with Crippen molar-refractivity contribution in [1.29, 1.82) is 0 Å². The topological polar surface area (TPSA) is 45.0 Å². The minimum atomic E-state index is 0.0802. The van der Waals surface area contributed by atoms with E-state index in [-0.39, 0.29) is 5.91 Å². The summed E-state index contributed by atoms with van der Waals surface area (Å²) in [4.78, 5) is 14.8. The lowest BCUT2D eigenvalue weighted by atomic mass is 10.2. The summed E-state index contributed by atoms with van der Waals surface area (Å²) in [6.07, 6.45) is 0. The summed E-state index contributed by atoms with van der Waals surface area (Å²) in [5, 5.41) is 11.2. The maximum absolute atomic E-state index is 12.0. The van der Waals surface area contributed by atoms with Crippen LogP contribution in [0.1, 0.15) is 17.4 Å². The maximum atomic E-state index is 12.0. The van der Waals surface area contributed by atoms with Gasteiger partial charge in [-0.1, -0.05) is 48.2 Å². The first-order valence-corrected chi connectivity index (χ1v) is 8.74. The maximum Gasteiger partial charge on any atom is 0.239 e. The number of benzene rings is 1. The molecule has 1 saturated heterocycles. The number of amides is 1. The lowest BCUT2D eigenvalue weighted by molar-refractivity contribution is -0.124. The van der Waals surface area contributed by atoms with Gasteiger partial charge in [-0.25, -0.2) is 0 Å². The second kappa shape index (κ2) is 6.89. The predicted octanol–water partition coefficient (Wildman–Crippen LogP) is 3.60. The predicted molar refractivity (Wildman–Crippen MR) is 93.4 cm³/mol. The van der Waals surface area contributed by atoms with Gasteiger partial charge in [0.25, 0.3) is 0 Å². The highest BCUT2D eigenvalue weighted by Crippen LogP contribution is 2.22. The van der Waals surface area contributed by atoms with E-state index in [4.69, 9.17) is 0 Å². The van der Waals surface area contributed by atoms with Crippen LogP contribution in [0.5, 0.6) is 0 Å². The molecule has 1 aromatic carbocycles. The third-order valence-electron chi connectivity index (χ3n) is 3.20. The second-order valence-electron chi connectivity index (χ2n) is 4.80. The van der Waals surface area contributed by atoms with E-state index >= 15 is 0 Å². The molecule has 0 spiro atoms. The molecule has 3 rings (SSSR count). The fraction of sp³-hybridized carbons (Fsp3) is 0.188. The summed E-state index contributed by atoms with van der Waals surface area (Å²) in [7, 11) is 0. The summed E-state index contributed by atoms with van der Waals surface area (Å²) in [5.74, 6) is 0.510. The summed E-state index contributed by atoms with van der Waals surface area (Å²) in [6.45, 7) is 2.47. The molecule has 4 nitrogen and oxygen atoms in total. The SMILES string of the molecule is C/C(=N/N=C1/SCC(=O)N1Cc1ccccc1)c1cccs1. The van der Waals surface area contributed by atoms with Crippen molar-refractivity contribution in [3.05, 3.63) is 58.3 Å². The summed E-state index contributed by atoms with van der Waals surface area (Å²) in [5.41, 5.74) is 1.95. The minimum absolute atomic E-state index is 0.0802. The van der Waals surface area contributed by atoms with Crippen molar-refractivity contribution in [2.45, 2.75) is 13.5 Å². The van der Waals surface area contributed by atoms with E-state index in [0.717, 1.165) is 16.2 Å². The normalized spacial score (nSPS) is 17.5. The zero-order valence-electron chi connectivity index (χ0n) is 12.1. The van der Waals surface area contributed by atoms with Gasteiger partial charge in [0.1, 0.15) is 0 Å². The van der Waals surface area contributed by atoms with Crippen molar-refractivity contribution in [3.8, 4) is 0 Å². The van der Waals surface area contributed by atoms with E-state index in [1.165, 1.54) is 11.8 Å². The standard InChI is InChI=1S/C16H15N3OS2/c1-12(14-8-5-9-21-14)17-18-16-19(15(20)11-22-16)10-13-6-3-2-4-7-13/h2-9H,10-11H2,1H3/b17-12-,18-16+. The molecule has 6 heteroatoms. The zero-order valence-corrected chi connectivity index (χ0v) is 13.7. The number of rotatable bonds is 4. The summed E-state index contributed by atoms with van der Waals surface area (Å²) < 4.78 is 0. The highest BCUT2D eigenvalue weighted by Gasteiger charge is 2.28. The van der Waals surface area contributed by atoms with Crippen LogP contribution in [0.2, 0.25) is 0 Å². The number of nitrogens with zero attached hydrogens (tertiary/aromatic N) is 3. The number of carbonyl (C=O) groups is 1. The molecule has 112 valence electrons. The minimum Gasteiger partial charge on any atom is -0.285 e. The molecule has 2 heterocycles. The Morgan fingerprint density at radius 3 is 2.77 bits per heavy atom. The van der Waals surface area contributed by atoms with Crippen molar-refractivity contribution in [2.24, 2.45) is 10.2 Å². The Morgan fingerprint density at radius 2 is 2.05 bits per heavy atom. The van der Waals surface area contributed by atoms with E-state index in [0.29, 0.717) is 17.5 Å². The van der Waals surface area contributed by atoms with Crippen molar-refractivity contribution < 1.29 is 4.79 Å². The number of amidine groups is 1. The lowest BCUT2D eigenvalue weighted by Crippen LogP contribution is -2.28. The first kappa shape index (κ1) is 15.0. The average molecular weight is 329 g/mol. The van der Waals surface area contributed by atoms with E-state index in [9.17, 15) is 4.79 Å². The molecule has 2 aromatic rings. The Morgan fingerprint density at radius 1 is 1.23 bits per heavy atom. The molecule has 1 aliphatic rings. The number of carbonyl (C=O) groups excluding carboxylic acids is 1. The third-order valence-corrected chi connectivity index (χ3v) is 5.13. The first-order valence-electron chi connectivity index (χ1n) is 6.87. The zero-order chi connectivity index (χ0) is 15.4. The molecule has 0 bridgehead atoms. The number of hydrogen-bond donors (Lipinski definition) is 0. The van der Waals surface area contributed by atoms with Crippen LogP contribution in [-0.2, 0) is 11.3 Å². The molecule has 1 aromatic heterocycles. The van der Waals surface area contributed by atoms with E-state index < -0.39 is 0 Å². The quantitative estimate of drug-likeness (QED) is 0.635. The molecule has 1 amide bonds. The van der Waals surface area contributed by atoms with E-state index in [1.54, 1.807) is 16.2 Å². The molecule has 0 saturated carbocycles. The van der Waals surface area contributed by atoms with E-state index in [2.05, 4.69) is 10.2 Å². The van der Waals surface area contributed by atoms with Gasteiger partial charge in [0, 0.05) is 0 Å². The third kappa shape index (κ3) is 3.45. The highest BCUT2D eigenvalue weighted by molar-refractivity contribution is 8.15. The average Bonchev–Trinajstić information content (AvgIpc) is 3.18. The van der Waals surface area contributed by atoms with Gasteiger partial charge in [-0.05, 0) is 23.9 Å². The lowest BCUT2D eigenvalue weighted by Gasteiger charge is -2.15. The molecule has 22 heavy (non-hydrogen) atoms. The van der Waals surface area contributed by atoms with Crippen LogP contribution in [0, 0.1) is 0 Å². The van der Waals surface area contributed by atoms with Gasteiger partial charge in [0.05, 0.1) is 22.9 Å². The van der Waals surface area contributed by atoms with Crippen LogP contribution in [0.15, 0.2) is 58.0 Å². The first-order chi connectivity index (χ1) is 10.7. The molecular weight excluding hydrogens is 314 g/mol. The second-order valence-corrected chi connectivity index (χ2v) is 6.69. The Kier molecular flexibility index (Phi) is 4.70. The number of hydrogen-bond acceptors (Lipinski definition) is 5. The van der Waals surface area contributed by atoms with Gasteiger partial charge in [-0.3, -0.25) is 9.69 Å². The van der Waals surface area contributed by atoms with Gasteiger partial charge >= 0.3 is 0 Å². The van der Waals surface area contributed by atoms with Crippen LogP contribution in [0.4, 0.5) is 0 Å². The molecule has 1 fully saturated rings. The molecule has 0 radical (unpaired) electrons. The summed E-state index contributed by atoms with van der Waals surface area (Å²) in [6, 6.07) is 13.9. The summed E-state index contributed by atoms with van der Waals surface area (Å²) >= 11 is 3.07. The molecule has 0 N–H and O–H groups in total. The van der Waals surface area contributed by atoms with Gasteiger partial charge in [-0.15, -0.1) is 16.4 Å². The highest BCUT2D eigenvalue weighted by atomic mass is 32.2. The van der Waals surface area contributed by atoms with E-state index in [1.807, 2.05) is 54.8 Å². The Labute approximate surface area is 137 Å². The number of thiophene rings is 1. The Hall–Kier alpha value is -1.92. The monoisotopic (exact) mass is 329 g/mol. The molecule has 1 aliphatic heterocycles. The molecule has 0 atom stereocenters. The van der Waals surface area contributed by atoms with Crippen molar-refractivity contribution >= 4 is 39.9 Å². The van der Waals surface area contributed by atoms with Gasteiger partial charge in [0.2, 0.25) is 5.91 Å². The van der Waals surface area contributed by atoms with Gasteiger partial charge in [0.15, 0.2) is 5.17 Å². The fourth-order valence-corrected chi connectivity index (χ4v) is 3.55. The number of thioether (sulfide) groups is 1. The van der Waals surface area contributed by atoms with Crippen molar-refractivity contribution in [1.82, 2.24) is 4.90 Å². The fourth-order valence-electron chi connectivity index (χ4n) is 2.04. The largest absolute Gasteiger partial charge is 0.285 e. The van der Waals surface area contributed by atoms with Crippen LogP contribution in [-0.4, -0.2) is 27.4 Å². The Bertz CT molecular complexity index is 708. The van der Waals surface area contributed by atoms with Gasteiger partial charge < -0.3 is 0 Å². The van der Waals surface area contributed by atoms with Crippen molar-refractivity contribution in [3.63, 3.8) is 0 Å². The van der Waals surface area contributed by atoms with Crippen LogP contribution in [0.25, 0.3) is 0 Å². The Balaban J connectivity index is 1.78. The van der Waals surface area contributed by atoms with Crippen LogP contribution < -0.4 is 0 Å². The molecule has 0 unspecified atom stereocenters. The van der Waals surface area contributed by atoms with Crippen molar-refractivity contribution in [2.75, 3.05) is 5.75 Å². The van der Waals surface area contributed by atoms with Crippen LogP contribution in [0.3, 0.4) is 0 Å². The van der Waals surface area contributed by atoms with Gasteiger partial charge in [-0.2, -0.15) is 5.10 Å². The molecular formula is C16H15N3OS2.